The van der Waals surface area contributed by atoms with Crippen LogP contribution in [0, 0.1) is 0 Å². The van der Waals surface area contributed by atoms with E-state index >= 15 is 0 Å². The van der Waals surface area contributed by atoms with Gasteiger partial charge in [0.25, 0.3) is 0 Å². The second-order valence-corrected chi connectivity index (χ2v) is 4.36. The van der Waals surface area contributed by atoms with Crippen molar-refractivity contribution in [3.05, 3.63) is 45.9 Å². The van der Waals surface area contributed by atoms with Gasteiger partial charge in [-0.3, -0.25) is 0 Å². The van der Waals surface area contributed by atoms with Crippen molar-refractivity contribution in [2.24, 2.45) is 0 Å². The number of hydrogen-bond donors (Lipinski definition) is 0. The van der Waals surface area contributed by atoms with Crippen molar-refractivity contribution in [3.63, 3.8) is 0 Å². The number of pyridine rings is 2. The van der Waals surface area contributed by atoms with Gasteiger partial charge in [0.2, 0.25) is 0 Å². The largest absolute Gasteiger partial charge is 0.249 e. The molecule has 0 saturated carbocycles. The van der Waals surface area contributed by atoms with Gasteiger partial charge in [-0.25, -0.2) is 9.97 Å². The summed E-state index contributed by atoms with van der Waals surface area (Å²) in [6.45, 7) is 0. The van der Waals surface area contributed by atoms with Crippen LogP contribution in [0.4, 0.5) is 0 Å². The molecule has 4 heteroatoms. The predicted molar refractivity (Wildman–Crippen MR) is 62.9 cm³/mol. The van der Waals surface area contributed by atoms with E-state index in [-0.39, 0.29) is 0 Å². The Kier molecular flexibility index (Phi) is 2.93. The summed E-state index contributed by atoms with van der Waals surface area (Å²) in [4.78, 5) is 8.31. The molecule has 2 nitrogen and oxygen atoms in total. The third kappa shape index (κ3) is 2.19. The van der Waals surface area contributed by atoms with Crippen molar-refractivity contribution < 1.29 is 0 Å². The van der Waals surface area contributed by atoms with Gasteiger partial charge in [0.1, 0.15) is 9.21 Å². The third-order valence-corrected chi connectivity index (χ3v) is 2.73. The first-order valence-electron chi connectivity index (χ1n) is 3.99. The van der Waals surface area contributed by atoms with Crippen LogP contribution in [0.15, 0.2) is 45.9 Å². The van der Waals surface area contributed by atoms with Gasteiger partial charge in [-0.1, -0.05) is 12.1 Å². The molecule has 0 radical (unpaired) electrons. The van der Waals surface area contributed by atoms with E-state index in [0.29, 0.717) is 0 Å². The SMILES string of the molecule is Brc1ccc(-c2ccc(Br)nc2)cn1. The predicted octanol–water partition coefficient (Wildman–Crippen LogP) is 3.67. The average molecular weight is 314 g/mol. The Morgan fingerprint density at radius 1 is 0.714 bits per heavy atom. The summed E-state index contributed by atoms with van der Waals surface area (Å²) in [5.41, 5.74) is 2.13. The summed E-state index contributed by atoms with van der Waals surface area (Å²) in [6.07, 6.45) is 3.63. The molecule has 0 spiro atoms. The summed E-state index contributed by atoms with van der Waals surface area (Å²) in [5, 5.41) is 0. The molecule has 0 fully saturated rings. The van der Waals surface area contributed by atoms with Crippen LogP contribution in [0.3, 0.4) is 0 Å². The van der Waals surface area contributed by atoms with Gasteiger partial charge < -0.3 is 0 Å². The molecule has 70 valence electrons. The highest BCUT2D eigenvalue weighted by molar-refractivity contribution is 9.10. The van der Waals surface area contributed by atoms with E-state index in [1.165, 1.54) is 0 Å². The molecule has 0 aromatic carbocycles. The number of nitrogens with zero attached hydrogens (tertiary/aromatic N) is 2. The Bertz CT molecular complexity index is 379. The lowest BCUT2D eigenvalue weighted by Gasteiger charge is -2.00. The monoisotopic (exact) mass is 312 g/mol. The summed E-state index contributed by atoms with van der Waals surface area (Å²) < 4.78 is 1.68. The second kappa shape index (κ2) is 4.19. The summed E-state index contributed by atoms with van der Waals surface area (Å²) in [5.74, 6) is 0. The van der Waals surface area contributed by atoms with Crippen molar-refractivity contribution >= 4 is 31.9 Å². The minimum absolute atomic E-state index is 0.839. The van der Waals surface area contributed by atoms with Crippen LogP contribution in [-0.2, 0) is 0 Å². The molecule has 0 atom stereocenters. The van der Waals surface area contributed by atoms with Gasteiger partial charge in [0.05, 0.1) is 0 Å². The Hall–Kier alpha value is -0.740. The Morgan fingerprint density at radius 3 is 1.43 bits per heavy atom. The summed E-state index contributed by atoms with van der Waals surface area (Å²) in [7, 11) is 0. The van der Waals surface area contributed by atoms with Crippen LogP contribution >= 0.6 is 31.9 Å². The normalized spacial score (nSPS) is 10.1. The zero-order chi connectivity index (χ0) is 9.97. The molecule has 0 aliphatic carbocycles. The number of rotatable bonds is 1. The van der Waals surface area contributed by atoms with E-state index < -0.39 is 0 Å². The fourth-order valence-electron chi connectivity index (χ4n) is 1.09. The lowest BCUT2D eigenvalue weighted by Crippen LogP contribution is -1.82. The molecule has 0 N–H and O–H groups in total. The maximum Gasteiger partial charge on any atom is 0.106 e. The van der Waals surface area contributed by atoms with Gasteiger partial charge in [0, 0.05) is 23.5 Å². The smallest absolute Gasteiger partial charge is 0.106 e. The standard InChI is InChI=1S/C10H6Br2N2/c11-9-3-1-7(5-13-9)8-2-4-10(12)14-6-8/h1-6H. The Labute approximate surface area is 98.7 Å². The van der Waals surface area contributed by atoms with E-state index in [1.54, 1.807) is 0 Å². The van der Waals surface area contributed by atoms with Gasteiger partial charge in [-0.15, -0.1) is 0 Å². The van der Waals surface area contributed by atoms with Crippen LogP contribution < -0.4 is 0 Å². The van der Waals surface area contributed by atoms with Crippen LogP contribution in [-0.4, -0.2) is 9.97 Å². The van der Waals surface area contributed by atoms with Crippen molar-refractivity contribution in [1.82, 2.24) is 9.97 Å². The lowest BCUT2D eigenvalue weighted by atomic mass is 10.1. The van der Waals surface area contributed by atoms with E-state index in [0.717, 1.165) is 20.3 Å². The molecule has 0 unspecified atom stereocenters. The molecule has 0 saturated heterocycles. The molecule has 2 aromatic rings. The van der Waals surface area contributed by atoms with Gasteiger partial charge in [-0.05, 0) is 44.0 Å². The number of aromatic nitrogens is 2. The highest BCUT2D eigenvalue weighted by atomic mass is 79.9. The van der Waals surface area contributed by atoms with E-state index in [4.69, 9.17) is 0 Å². The number of hydrogen-bond acceptors (Lipinski definition) is 2. The molecule has 0 amide bonds. The lowest BCUT2D eigenvalue weighted by molar-refractivity contribution is 1.25. The number of halogens is 2. The summed E-state index contributed by atoms with van der Waals surface area (Å²) >= 11 is 6.59. The first kappa shape index (κ1) is 9.80. The van der Waals surface area contributed by atoms with E-state index in [9.17, 15) is 0 Å². The highest BCUT2D eigenvalue weighted by Gasteiger charge is 1.98. The zero-order valence-corrected chi connectivity index (χ0v) is 10.3. The molecule has 0 bridgehead atoms. The molecular formula is C10H6Br2N2. The minimum atomic E-state index is 0.839. The van der Waals surface area contributed by atoms with Crippen LogP contribution in [0.5, 0.6) is 0 Å². The van der Waals surface area contributed by atoms with E-state index in [1.807, 2.05) is 36.7 Å². The second-order valence-electron chi connectivity index (χ2n) is 2.74. The molecule has 2 aromatic heterocycles. The van der Waals surface area contributed by atoms with Crippen LogP contribution in [0.25, 0.3) is 11.1 Å². The molecule has 0 aliphatic heterocycles. The van der Waals surface area contributed by atoms with Gasteiger partial charge >= 0.3 is 0 Å². The minimum Gasteiger partial charge on any atom is -0.249 e. The van der Waals surface area contributed by atoms with Gasteiger partial charge in [0.15, 0.2) is 0 Å². The fourth-order valence-corrected chi connectivity index (χ4v) is 1.56. The Morgan fingerprint density at radius 2 is 1.14 bits per heavy atom. The van der Waals surface area contributed by atoms with Gasteiger partial charge in [-0.2, -0.15) is 0 Å². The third-order valence-electron chi connectivity index (χ3n) is 1.79. The molecule has 0 aliphatic rings. The summed E-state index contributed by atoms with van der Waals surface area (Å²) in [6, 6.07) is 7.83. The van der Waals surface area contributed by atoms with Crippen LogP contribution in [0.2, 0.25) is 0 Å². The zero-order valence-electron chi connectivity index (χ0n) is 7.11. The molecule has 2 rings (SSSR count). The van der Waals surface area contributed by atoms with E-state index in [2.05, 4.69) is 41.8 Å². The van der Waals surface area contributed by atoms with Crippen molar-refractivity contribution in [2.75, 3.05) is 0 Å². The maximum absolute atomic E-state index is 4.16. The van der Waals surface area contributed by atoms with Crippen molar-refractivity contribution in [3.8, 4) is 11.1 Å². The first-order chi connectivity index (χ1) is 6.75. The molecule has 2 heterocycles. The van der Waals surface area contributed by atoms with Crippen LogP contribution in [0.1, 0.15) is 0 Å². The first-order valence-corrected chi connectivity index (χ1v) is 5.58. The quantitative estimate of drug-likeness (QED) is 0.751. The Balaban J connectivity index is 2.40. The van der Waals surface area contributed by atoms with Crippen molar-refractivity contribution in [2.45, 2.75) is 0 Å². The fraction of sp³-hybridized carbons (Fsp3) is 0. The average Bonchev–Trinajstić information content (AvgIpc) is 2.21. The highest BCUT2D eigenvalue weighted by Crippen LogP contribution is 2.20. The van der Waals surface area contributed by atoms with Crippen molar-refractivity contribution in [1.29, 1.82) is 0 Å². The molecular weight excluding hydrogens is 308 g/mol. The molecule has 14 heavy (non-hydrogen) atoms. The maximum atomic E-state index is 4.16. The topological polar surface area (TPSA) is 25.8 Å².